The van der Waals surface area contributed by atoms with E-state index in [-0.39, 0.29) is 5.91 Å². The smallest absolute Gasteiger partial charge is 0.235 e. The Labute approximate surface area is 174 Å². The van der Waals surface area contributed by atoms with Gasteiger partial charge < -0.3 is 14.3 Å². The molecular weight excluding hydrogens is 388 g/mol. The van der Waals surface area contributed by atoms with Crippen molar-refractivity contribution in [3.05, 3.63) is 65.4 Å². The Hall–Kier alpha value is -2.86. The van der Waals surface area contributed by atoms with Crippen LogP contribution >= 0.6 is 11.6 Å². The molecule has 2 fully saturated rings. The molecule has 5 rings (SSSR count). The summed E-state index contributed by atoms with van der Waals surface area (Å²) in [6.07, 6.45) is 3.44. The van der Waals surface area contributed by atoms with Crippen LogP contribution in [0.2, 0.25) is 5.02 Å². The fourth-order valence-electron chi connectivity index (χ4n) is 3.94. The third-order valence-corrected chi connectivity index (χ3v) is 6.08. The molecule has 2 aliphatic rings. The molecule has 1 amide bonds. The number of hydrogen-bond donors (Lipinski definition) is 0. The molecule has 3 heterocycles. The first-order valence-electron chi connectivity index (χ1n) is 9.84. The molecule has 0 spiro atoms. The van der Waals surface area contributed by atoms with E-state index in [2.05, 4.69) is 15.0 Å². The lowest BCUT2D eigenvalue weighted by Crippen LogP contribution is -2.51. The summed E-state index contributed by atoms with van der Waals surface area (Å²) < 4.78 is 5.55. The van der Waals surface area contributed by atoms with Crippen LogP contribution in [0.15, 0.2) is 59.3 Å². The largest absolute Gasteiger partial charge is 0.356 e. The van der Waals surface area contributed by atoms with Crippen molar-refractivity contribution in [2.75, 3.05) is 31.1 Å². The summed E-state index contributed by atoms with van der Waals surface area (Å²) in [5.74, 6) is 1.79. The predicted octanol–water partition coefficient (Wildman–Crippen LogP) is 3.77. The topological polar surface area (TPSA) is 62.5 Å². The van der Waals surface area contributed by atoms with E-state index in [9.17, 15) is 4.79 Å². The van der Waals surface area contributed by atoms with Crippen molar-refractivity contribution in [3.8, 4) is 11.3 Å². The number of benzene rings is 1. The van der Waals surface area contributed by atoms with Crippen LogP contribution in [-0.4, -0.2) is 47.1 Å². The van der Waals surface area contributed by atoms with E-state index in [1.807, 2.05) is 53.4 Å². The number of pyridine rings is 1. The van der Waals surface area contributed by atoms with Crippen LogP contribution in [0.3, 0.4) is 0 Å². The summed E-state index contributed by atoms with van der Waals surface area (Å²) in [6.45, 7) is 2.96. The van der Waals surface area contributed by atoms with E-state index >= 15 is 0 Å². The van der Waals surface area contributed by atoms with E-state index in [0.717, 1.165) is 43.0 Å². The number of amides is 1. The lowest BCUT2D eigenvalue weighted by Gasteiger charge is -2.36. The Balaban J connectivity index is 1.29. The third-order valence-electron chi connectivity index (χ3n) is 5.83. The molecule has 7 heteroatoms. The average Bonchev–Trinajstić information content (AvgIpc) is 3.44. The van der Waals surface area contributed by atoms with Crippen molar-refractivity contribution in [2.45, 2.75) is 18.3 Å². The molecule has 0 atom stereocenters. The first-order valence-corrected chi connectivity index (χ1v) is 10.2. The van der Waals surface area contributed by atoms with Crippen LogP contribution in [0.5, 0.6) is 0 Å². The summed E-state index contributed by atoms with van der Waals surface area (Å²) in [7, 11) is 0. The zero-order chi connectivity index (χ0) is 19.8. The highest BCUT2D eigenvalue weighted by Crippen LogP contribution is 2.50. The summed E-state index contributed by atoms with van der Waals surface area (Å²) >= 11 is 5.96. The second kappa shape index (κ2) is 7.19. The number of anilines is 1. The molecule has 1 aliphatic heterocycles. The summed E-state index contributed by atoms with van der Waals surface area (Å²) in [5, 5.41) is 4.93. The molecule has 6 nitrogen and oxygen atoms in total. The molecule has 0 unspecified atom stereocenters. The standard InChI is InChI=1S/C22H21ClN4O2/c23-17-6-4-16(5-7-17)18-15-19(25-29-18)22(8-9-22)21(28)27-13-11-26(12-14-27)20-3-1-2-10-24-20/h1-7,10,15H,8-9,11-14H2. The zero-order valence-corrected chi connectivity index (χ0v) is 16.7. The first-order chi connectivity index (χ1) is 14.2. The van der Waals surface area contributed by atoms with Crippen LogP contribution in [0, 0.1) is 0 Å². The van der Waals surface area contributed by atoms with Crippen LogP contribution in [0.1, 0.15) is 18.5 Å². The van der Waals surface area contributed by atoms with Gasteiger partial charge in [-0.3, -0.25) is 4.79 Å². The number of aromatic nitrogens is 2. The molecule has 2 aromatic heterocycles. The zero-order valence-electron chi connectivity index (χ0n) is 15.9. The molecule has 1 aromatic carbocycles. The molecule has 0 N–H and O–H groups in total. The number of halogens is 1. The van der Waals surface area contributed by atoms with E-state index < -0.39 is 5.41 Å². The van der Waals surface area contributed by atoms with Crippen molar-refractivity contribution < 1.29 is 9.32 Å². The Morgan fingerprint density at radius 2 is 1.79 bits per heavy atom. The highest BCUT2D eigenvalue weighted by molar-refractivity contribution is 6.30. The fraction of sp³-hybridized carbons (Fsp3) is 0.318. The van der Waals surface area contributed by atoms with Gasteiger partial charge in [0.25, 0.3) is 0 Å². The molecule has 1 saturated carbocycles. The number of nitrogens with zero attached hydrogens (tertiary/aromatic N) is 4. The van der Waals surface area contributed by atoms with Gasteiger partial charge in [0.1, 0.15) is 5.82 Å². The third kappa shape index (κ3) is 3.38. The van der Waals surface area contributed by atoms with Crippen LogP contribution < -0.4 is 4.90 Å². The van der Waals surface area contributed by atoms with Gasteiger partial charge in [-0.15, -0.1) is 0 Å². The van der Waals surface area contributed by atoms with Crippen molar-refractivity contribution in [3.63, 3.8) is 0 Å². The Morgan fingerprint density at radius 1 is 1.03 bits per heavy atom. The number of carbonyl (C=O) groups is 1. The molecule has 1 saturated heterocycles. The van der Waals surface area contributed by atoms with E-state index in [0.29, 0.717) is 23.9 Å². The number of carbonyl (C=O) groups excluding carboxylic acids is 1. The van der Waals surface area contributed by atoms with E-state index in [1.165, 1.54) is 0 Å². The van der Waals surface area contributed by atoms with Gasteiger partial charge in [-0.2, -0.15) is 0 Å². The minimum Gasteiger partial charge on any atom is -0.356 e. The molecule has 29 heavy (non-hydrogen) atoms. The average molecular weight is 409 g/mol. The van der Waals surface area contributed by atoms with Crippen molar-refractivity contribution in [2.24, 2.45) is 0 Å². The van der Waals surface area contributed by atoms with Crippen molar-refractivity contribution in [1.82, 2.24) is 15.0 Å². The van der Waals surface area contributed by atoms with Crippen LogP contribution in [0.4, 0.5) is 5.82 Å². The van der Waals surface area contributed by atoms with Gasteiger partial charge in [-0.05, 0) is 49.2 Å². The lowest BCUT2D eigenvalue weighted by atomic mass is 9.99. The second-order valence-corrected chi connectivity index (χ2v) is 8.07. The maximum absolute atomic E-state index is 13.3. The molecule has 148 valence electrons. The van der Waals surface area contributed by atoms with Crippen molar-refractivity contribution >= 4 is 23.3 Å². The predicted molar refractivity (Wildman–Crippen MR) is 111 cm³/mol. The van der Waals surface area contributed by atoms with Gasteiger partial charge in [0, 0.05) is 49.0 Å². The van der Waals surface area contributed by atoms with Gasteiger partial charge in [0.2, 0.25) is 5.91 Å². The van der Waals surface area contributed by atoms with Gasteiger partial charge in [-0.1, -0.05) is 22.8 Å². The number of hydrogen-bond acceptors (Lipinski definition) is 5. The molecule has 1 aliphatic carbocycles. The highest BCUT2D eigenvalue weighted by Gasteiger charge is 2.55. The Morgan fingerprint density at radius 3 is 2.45 bits per heavy atom. The normalized spacial score (nSPS) is 18.0. The van der Waals surface area contributed by atoms with Gasteiger partial charge in [0.05, 0.1) is 11.1 Å². The van der Waals surface area contributed by atoms with Gasteiger partial charge in [-0.25, -0.2) is 4.98 Å². The summed E-state index contributed by atoms with van der Waals surface area (Å²) in [4.78, 5) is 21.9. The molecule has 0 radical (unpaired) electrons. The quantitative estimate of drug-likeness (QED) is 0.657. The highest BCUT2D eigenvalue weighted by atomic mass is 35.5. The van der Waals surface area contributed by atoms with E-state index in [1.54, 1.807) is 6.20 Å². The number of rotatable bonds is 4. The molecule has 3 aromatic rings. The van der Waals surface area contributed by atoms with Gasteiger partial charge in [0.15, 0.2) is 5.76 Å². The SMILES string of the molecule is O=C(N1CCN(c2ccccn2)CC1)C1(c2cc(-c3ccc(Cl)cc3)on2)CC1. The minimum absolute atomic E-state index is 0.161. The fourth-order valence-corrected chi connectivity index (χ4v) is 4.06. The maximum atomic E-state index is 13.3. The maximum Gasteiger partial charge on any atom is 0.235 e. The minimum atomic E-state index is -0.526. The summed E-state index contributed by atoms with van der Waals surface area (Å²) in [6, 6.07) is 15.2. The monoisotopic (exact) mass is 408 g/mol. The molecular formula is C22H21ClN4O2. The van der Waals surface area contributed by atoms with Gasteiger partial charge >= 0.3 is 0 Å². The van der Waals surface area contributed by atoms with E-state index in [4.69, 9.17) is 16.1 Å². The van der Waals surface area contributed by atoms with Crippen molar-refractivity contribution in [1.29, 1.82) is 0 Å². The number of piperazine rings is 1. The lowest BCUT2D eigenvalue weighted by molar-refractivity contribution is -0.134. The summed E-state index contributed by atoms with van der Waals surface area (Å²) in [5.41, 5.74) is 1.11. The van der Waals surface area contributed by atoms with Crippen LogP contribution in [0.25, 0.3) is 11.3 Å². The molecule has 0 bridgehead atoms. The van der Waals surface area contributed by atoms with Crippen LogP contribution in [-0.2, 0) is 10.2 Å². The Kier molecular flexibility index (Phi) is 4.51. The first kappa shape index (κ1) is 18.2. The second-order valence-electron chi connectivity index (χ2n) is 7.63. The Bertz CT molecular complexity index is 1010.